The summed E-state index contributed by atoms with van der Waals surface area (Å²) in [5.74, 6) is 0.463. The first-order valence-corrected chi connectivity index (χ1v) is 7.02. The zero-order valence-electron chi connectivity index (χ0n) is 11.6. The summed E-state index contributed by atoms with van der Waals surface area (Å²) in [4.78, 5) is 12.1. The third-order valence-corrected chi connectivity index (χ3v) is 3.79. The number of rotatable bonds is 5. The van der Waals surface area contributed by atoms with Crippen LogP contribution in [0.15, 0.2) is 12.1 Å². The highest BCUT2D eigenvalue weighted by molar-refractivity contribution is 7.17. The van der Waals surface area contributed by atoms with Gasteiger partial charge in [0, 0.05) is 19.2 Å². The molecule has 2 rings (SSSR count). The molecule has 0 atom stereocenters. The maximum Gasteiger partial charge on any atom is 0.286 e. The van der Waals surface area contributed by atoms with Gasteiger partial charge in [0.15, 0.2) is 0 Å². The Hall–Kier alpha value is -2.06. The smallest absolute Gasteiger partial charge is 0.286 e. The molecule has 0 saturated carbocycles. The van der Waals surface area contributed by atoms with Crippen LogP contribution in [0.2, 0.25) is 5.02 Å². The summed E-state index contributed by atoms with van der Waals surface area (Å²) in [6.45, 7) is 0. The van der Waals surface area contributed by atoms with E-state index in [0.717, 1.165) is 11.3 Å². The molecule has 1 amide bonds. The molecule has 0 fully saturated rings. The number of anilines is 2. The van der Waals surface area contributed by atoms with Crippen molar-refractivity contribution in [3.63, 3.8) is 0 Å². The molecular weight excluding hydrogens is 316 g/mol. The Kier molecular flexibility index (Phi) is 4.81. The van der Waals surface area contributed by atoms with E-state index in [1.54, 1.807) is 19.2 Å². The van der Waals surface area contributed by atoms with E-state index in [9.17, 15) is 4.79 Å². The maximum atomic E-state index is 12.1. The van der Waals surface area contributed by atoms with Gasteiger partial charge in [0.2, 0.25) is 10.1 Å². The van der Waals surface area contributed by atoms with Crippen molar-refractivity contribution in [1.82, 2.24) is 10.2 Å². The van der Waals surface area contributed by atoms with Gasteiger partial charge in [-0.3, -0.25) is 4.79 Å². The molecule has 9 heteroatoms. The summed E-state index contributed by atoms with van der Waals surface area (Å²) in [6, 6.07) is 3.15. The van der Waals surface area contributed by atoms with Crippen molar-refractivity contribution >= 4 is 39.7 Å². The number of hydrogen-bond donors (Lipinski definition) is 2. The van der Waals surface area contributed by atoms with Gasteiger partial charge in [0.1, 0.15) is 11.5 Å². The predicted octanol–water partition coefficient (Wildman–Crippen LogP) is 2.50. The lowest BCUT2D eigenvalue weighted by Gasteiger charge is -2.12. The lowest BCUT2D eigenvalue weighted by Crippen LogP contribution is -2.12. The average molecular weight is 329 g/mol. The number of benzene rings is 1. The van der Waals surface area contributed by atoms with Crippen LogP contribution in [0.5, 0.6) is 11.5 Å². The van der Waals surface area contributed by atoms with Crippen molar-refractivity contribution in [1.29, 1.82) is 0 Å². The van der Waals surface area contributed by atoms with Gasteiger partial charge in [-0.25, -0.2) is 0 Å². The topological polar surface area (TPSA) is 85.4 Å². The Morgan fingerprint density at radius 3 is 2.52 bits per heavy atom. The van der Waals surface area contributed by atoms with E-state index in [2.05, 4.69) is 20.8 Å². The van der Waals surface area contributed by atoms with Crippen molar-refractivity contribution in [2.75, 3.05) is 31.9 Å². The summed E-state index contributed by atoms with van der Waals surface area (Å²) in [7, 11) is 4.68. The van der Waals surface area contributed by atoms with E-state index in [0.29, 0.717) is 27.3 Å². The van der Waals surface area contributed by atoms with E-state index in [1.165, 1.54) is 14.2 Å². The number of nitrogens with zero attached hydrogens (tertiary/aromatic N) is 2. The molecule has 1 heterocycles. The van der Waals surface area contributed by atoms with Gasteiger partial charge in [-0.1, -0.05) is 22.9 Å². The first-order valence-electron chi connectivity index (χ1n) is 5.83. The minimum atomic E-state index is -0.392. The first kappa shape index (κ1) is 15.3. The van der Waals surface area contributed by atoms with Gasteiger partial charge in [0.25, 0.3) is 5.91 Å². The average Bonchev–Trinajstić information content (AvgIpc) is 2.97. The van der Waals surface area contributed by atoms with Crippen molar-refractivity contribution in [2.24, 2.45) is 0 Å². The van der Waals surface area contributed by atoms with Crippen molar-refractivity contribution < 1.29 is 14.3 Å². The summed E-state index contributed by atoms with van der Waals surface area (Å²) < 4.78 is 10.3. The molecule has 0 radical (unpaired) electrons. The highest BCUT2D eigenvalue weighted by Gasteiger charge is 2.16. The fourth-order valence-corrected chi connectivity index (χ4v) is 2.37. The normalized spacial score (nSPS) is 10.1. The standard InChI is InChI=1S/C12H13ClN4O3S/c1-14-12-17-16-11(21-12)10(18)15-7-5-8(19-2)6(13)4-9(7)20-3/h4-5H,1-3H3,(H,14,17)(H,15,18). The van der Waals surface area contributed by atoms with Crippen molar-refractivity contribution in [3.8, 4) is 11.5 Å². The molecule has 2 N–H and O–H groups in total. The number of carbonyl (C=O) groups excluding carboxylic acids is 1. The molecule has 7 nitrogen and oxygen atoms in total. The Labute approximate surface area is 130 Å². The van der Waals surface area contributed by atoms with E-state index >= 15 is 0 Å². The Bertz CT molecular complexity index is 662. The number of halogens is 1. The lowest BCUT2D eigenvalue weighted by molar-refractivity contribution is 0.102. The number of carbonyl (C=O) groups is 1. The summed E-state index contributed by atoms with van der Waals surface area (Å²) in [5.41, 5.74) is 0.435. The number of nitrogens with one attached hydrogen (secondary N) is 2. The van der Waals surface area contributed by atoms with Crippen LogP contribution in [-0.4, -0.2) is 37.4 Å². The molecule has 0 unspecified atom stereocenters. The molecule has 0 aliphatic heterocycles. The van der Waals surface area contributed by atoms with Crippen LogP contribution in [-0.2, 0) is 0 Å². The molecule has 0 aliphatic rings. The third-order valence-electron chi connectivity index (χ3n) is 2.56. The van der Waals surface area contributed by atoms with Gasteiger partial charge in [-0.15, -0.1) is 10.2 Å². The van der Waals surface area contributed by atoms with Crippen LogP contribution in [0.3, 0.4) is 0 Å². The van der Waals surface area contributed by atoms with Gasteiger partial charge >= 0.3 is 0 Å². The summed E-state index contributed by atoms with van der Waals surface area (Å²) in [5, 5.41) is 14.3. The number of methoxy groups -OCH3 is 2. The van der Waals surface area contributed by atoms with Crippen LogP contribution in [0.25, 0.3) is 0 Å². The molecule has 0 saturated heterocycles. The second-order valence-electron chi connectivity index (χ2n) is 3.80. The lowest BCUT2D eigenvalue weighted by atomic mass is 10.2. The Balaban J connectivity index is 2.27. The molecule has 0 bridgehead atoms. The Morgan fingerprint density at radius 1 is 1.24 bits per heavy atom. The molecule has 21 heavy (non-hydrogen) atoms. The molecule has 1 aromatic heterocycles. The van der Waals surface area contributed by atoms with Crippen LogP contribution in [0, 0.1) is 0 Å². The second-order valence-corrected chi connectivity index (χ2v) is 5.19. The number of hydrogen-bond acceptors (Lipinski definition) is 7. The van der Waals surface area contributed by atoms with Crippen LogP contribution >= 0.6 is 22.9 Å². The fourth-order valence-electron chi connectivity index (χ4n) is 1.55. The predicted molar refractivity (Wildman–Crippen MR) is 82.0 cm³/mol. The highest BCUT2D eigenvalue weighted by Crippen LogP contribution is 2.36. The van der Waals surface area contributed by atoms with Gasteiger partial charge < -0.3 is 20.1 Å². The molecule has 112 valence electrons. The Morgan fingerprint density at radius 2 is 1.95 bits per heavy atom. The van der Waals surface area contributed by atoms with Crippen LogP contribution in [0.4, 0.5) is 10.8 Å². The quantitative estimate of drug-likeness (QED) is 0.877. The number of amides is 1. The van der Waals surface area contributed by atoms with E-state index in [4.69, 9.17) is 21.1 Å². The molecular formula is C12H13ClN4O3S. The van der Waals surface area contributed by atoms with Crippen molar-refractivity contribution in [3.05, 3.63) is 22.2 Å². The van der Waals surface area contributed by atoms with Gasteiger partial charge in [-0.2, -0.15) is 0 Å². The molecule has 1 aromatic carbocycles. The maximum absolute atomic E-state index is 12.1. The molecule has 0 spiro atoms. The van der Waals surface area contributed by atoms with E-state index in [-0.39, 0.29) is 5.01 Å². The van der Waals surface area contributed by atoms with E-state index < -0.39 is 5.91 Å². The van der Waals surface area contributed by atoms with Crippen LogP contribution in [0.1, 0.15) is 9.80 Å². The number of aromatic nitrogens is 2. The largest absolute Gasteiger partial charge is 0.495 e. The van der Waals surface area contributed by atoms with Gasteiger partial charge in [0.05, 0.1) is 24.9 Å². The SMILES string of the molecule is CNc1nnc(C(=O)Nc2cc(OC)c(Cl)cc2OC)s1. The minimum Gasteiger partial charge on any atom is -0.495 e. The molecule has 0 aliphatic carbocycles. The van der Waals surface area contributed by atoms with Gasteiger partial charge in [-0.05, 0) is 0 Å². The van der Waals surface area contributed by atoms with Crippen molar-refractivity contribution in [2.45, 2.75) is 0 Å². The molecule has 2 aromatic rings. The van der Waals surface area contributed by atoms with Crippen LogP contribution < -0.4 is 20.1 Å². The third kappa shape index (κ3) is 3.34. The fraction of sp³-hybridized carbons (Fsp3) is 0.250. The second kappa shape index (κ2) is 6.59. The number of ether oxygens (including phenoxy) is 2. The highest BCUT2D eigenvalue weighted by atomic mass is 35.5. The first-order chi connectivity index (χ1) is 10.1. The minimum absolute atomic E-state index is 0.232. The summed E-state index contributed by atoms with van der Waals surface area (Å²) in [6.07, 6.45) is 0. The summed E-state index contributed by atoms with van der Waals surface area (Å²) >= 11 is 7.15. The zero-order valence-corrected chi connectivity index (χ0v) is 13.1. The zero-order chi connectivity index (χ0) is 15.4. The van der Waals surface area contributed by atoms with E-state index in [1.807, 2.05) is 0 Å². The monoisotopic (exact) mass is 328 g/mol.